The second-order valence-corrected chi connectivity index (χ2v) is 11.6. The number of nitrogens with two attached hydrogens (primary N) is 1. The number of carbonyl (C=O) groups excluding carboxylic acids is 2. The van der Waals surface area contributed by atoms with Crippen LogP contribution in [-0.2, 0) is 31.8 Å². The zero-order valence-electron chi connectivity index (χ0n) is 26.3. The molecule has 3 N–H and O–H groups in total. The van der Waals surface area contributed by atoms with E-state index in [0.29, 0.717) is 36.0 Å². The second kappa shape index (κ2) is 15.0. The molecule has 13 heteroatoms. The van der Waals surface area contributed by atoms with Gasteiger partial charge < -0.3 is 34.9 Å². The van der Waals surface area contributed by atoms with Crippen LogP contribution in [0.1, 0.15) is 45.4 Å². The molecule has 0 unspecified atom stereocenters. The summed E-state index contributed by atoms with van der Waals surface area (Å²) in [5, 5.41) is 3.39. The number of nitrogens with zero attached hydrogens (tertiary/aromatic N) is 4. The Balaban J connectivity index is 0.000000210. The van der Waals surface area contributed by atoms with Gasteiger partial charge >= 0.3 is 6.18 Å². The molecule has 0 aliphatic carbocycles. The largest absolute Gasteiger partial charge is 0.449 e. The number of hydrogen-bond acceptors (Lipinski definition) is 7. The lowest BCUT2D eigenvalue weighted by atomic mass is 10.0. The summed E-state index contributed by atoms with van der Waals surface area (Å²) in [5.74, 6) is -0.324. The van der Waals surface area contributed by atoms with Crippen molar-refractivity contribution in [2.24, 2.45) is 11.8 Å². The van der Waals surface area contributed by atoms with Gasteiger partial charge in [0.05, 0.1) is 22.4 Å². The van der Waals surface area contributed by atoms with E-state index >= 15 is 0 Å². The van der Waals surface area contributed by atoms with E-state index in [2.05, 4.69) is 10.3 Å². The predicted molar refractivity (Wildman–Crippen MR) is 169 cm³/mol. The van der Waals surface area contributed by atoms with Gasteiger partial charge in [-0.15, -0.1) is 0 Å². The molecular weight excluding hydrogens is 589 g/mol. The summed E-state index contributed by atoms with van der Waals surface area (Å²) in [5.41, 5.74) is 9.65. The second-order valence-electron chi connectivity index (χ2n) is 11.6. The number of benzene rings is 2. The third kappa shape index (κ3) is 8.88. The van der Waals surface area contributed by atoms with Crippen molar-refractivity contribution >= 4 is 45.6 Å². The van der Waals surface area contributed by atoms with Crippen LogP contribution in [0.5, 0.6) is 0 Å². The van der Waals surface area contributed by atoms with Crippen molar-refractivity contribution in [3.8, 4) is 0 Å². The number of amides is 2. The number of nitrogens with one attached hydrogen (secondary N) is 1. The van der Waals surface area contributed by atoms with Gasteiger partial charge in [0.15, 0.2) is 0 Å². The first-order valence-corrected chi connectivity index (χ1v) is 15.2. The summed E-state index contributed by atoms with van der Waals surface area (Å²) in [6.07, 6.45) is -0.864. The molecule has 2 saturated heterocycles. The normalized spacial score (nSPS) is 16.2. The number of fused-ring (bicyclic) bond motifs is 1. The maximum atomic E-state index is 13.5. The number of nitrogen functional groups attached to an aromatic ring is 1. The minimum absolute atomic E-state index is 0.00712. The topological polar surface area (TPSA) is 115 Å². The fourth-order valence-electron chi connectivity index (χ4n) is 5.40. The quantitative estimate of drug-likeness (QED) is 0.328. The van der Waals surface area contributed by atoms with Gasteiger partial charge in [0, 0.05) is 78.8 Å². The van der Waals surface area contributed by atoms with Crippen LogP contribution >= 0.6 is 0 Å². The van der Waals surface area contributed by atoms with Crippen molar-refractivity contribution in [3.63, 3.8) is 0 Å². The van der Waals surface area contributed by atoms with E-state index in [1.807, 2.05) is 18.2 Å². The minimum Gasteiger partial charge on any atom is -0.397 e. The van der Waals surface area contributed by atoms with Crippen LogP contribution in [0.4, 0.5) is 35.9 Å². The lowest BCUT2D eigenvalue weighted by Crippen LogP contribution is -2.24. The zero-order valence-corrected chi connectivity index (χ0v) is 26.3. The fourth-order valence-corrected chi connectivity index (χ4v) is 5.40. The molecular formula is C32H43F3N6O4. The van der Waals surface area contributed by atoms with Crippen molar-refractivity contribution < 1.29 is 32.2 Å². The molecule has 0 atom stereocenters. The summed E-state index contributed by atoms with van der Waals surface area (Å²) < 4.78 is 52.3. The van der Waals surface area contributed by atoms with E-state index in [4.69, 9.17) is 15.2 Å². The Morgan fingerprint density at radius 3 is 1.98 bits per heavy atom. The van der Waals surface area contributed by atoms with E-state index in [1.54, 1.807) is 31.1 Å². The van der Waals surface area contributed by atoms with Crippen LogP contribution in [-0.4, -0.2) is 68.4 Å². The summed E-state index contributed by atoms with van der Waals surface area (Å²) in [7, 11) is 3.32. The lowest BCUT2D eigenvalue weighted by Gasteiger charge is -2.24. The van der Waals surface area contributed by atoms with E-state index < -0.39 is 12.0 Å². The van der Waals surface area contributed by atoms with Gasteiger partial charge in [-0.05, 0) is 73.9 Å². The summed E-state index contributed by atoms with van der Waals surface area (Å²) in [4.78, 5) is 29.6. The van der Waals surface area contributed by atoms with Gasteiger partial charge in [-0.1, -0.05) is 0 Å². The molecule has 2 aliphatic heterocycles. The minimum atomic E-state index is -4.53. The zero-order chi connectivity index (χ0) is 32.7. The maximum absolute atomic E-state index is 13.5. The van der Waals surface area contributed by atoms with Crippen molar-refractivity contribution in [1.29, 1.82) is 0 Å². The Kier molecular flexibility index (Phi) is 11.3. The molecule has 3 heterocycles. The highest BCUT2D eigenvalue weighted by Gasteiger charge is 2.38. The molecule has 5 rings (SSSR count). The maximum Gasteiger partial charge on any atom is 0.449 e. The first-order valence-electron chi connectivity index (χ1n) is 15.2. The Morgan fingerprint density at radius 2 is 1.44 bits per heavy atom. The van der Waals surface area contributed by atoms with Crippen LogP contribution in [0.25, 0.3) is 11.0 Å². The third-order valence-electron chi connectivity index (χ3n) is 8.44. The first kappa shape index (κ1) is 34.0. The lowest BCUT2D eigenvalue weighted by molar-refractivity contribution is -0.147. The number of rotatable bonds is 7. The number of alkyl halides is 3. The number of carbonyl (C=O) groups is 2. The van der Waals surface area contributed by atoms with E-state index in [1.165, 1.54) is 29.4 Å². The molecule has 246 valence electrons. The van der Waals surface area contributed by atoms with Crippen LogP contribution in [0, 0.1) is 11.8 Å². The van der Waals surface area contributed by atoms with Gasteiger partial charge in [0.2, 0.25) is 17.6 Å². The summed E-state index contributed by atoms with van der Waals surface area (Å²) in [6.45, 7) is 6.96. The van der Waals surface area contributed by atoms with Crippen LogP contribution in [0.2, 0.25) is 0 Å². The molecule has 0 saturated carbocycles. The first-order chi connectivity index (χ1) is 21.3. The van der Waals surface area contributed by atoms with Crippen LogP contribution < -0.4 is 20.9 Å². The molecule has 2 aromatic carbocycles. The number of aromatic nitrogens is 2. The van der Waals surface area contributed by atoms with E-state index in [-0.39, 0.29) is 29.8 Å². The highest BCUT2D eigenvalue weighted by molar-refractivity contribution is 5.93. The Labute approximate surface area is 261 Å². The monoisotopic (exact) mass is 632 g/mol. The molecule has 45 heavy (non-hydrogen) atoms. The van der Waals surface area contributed by atoms with Gasteiger partial charge in [0.25, 0.3) is 0 Å². The molecule has 0 bridgehead atoms. The van der Waals surface area contributed by atoms with E-state index in [0.717, 1.165) is 56.8 Å². The number of hydrogen-bond donors (Lipinski definition) is 2. The molecule has 1 aromatic heterocycles. The highest BCUT2D eigenvalue weighted by Crippen LogP contribution is 2.34. The van der Waals surface area contributed by atoms with Crippen molar-refractivity contribution in [2.45, 2.75) is 52.3 Å². The standard InChI is InChI=1S/C17H20F3N3O2.C15H23N3O2/c1-11(24)22(2)13-3-4-15-14(9-13)21-16(17(18,19)20)23(15)10-12-5-7-25-8-6-12;1-11(19)18(2)13-3-4-15(14(16)9-13)17-10-12-5-7-20-8-6-12/h3-4,9,12H,5-8,10H2,1-2H3;3-4,9,12,17H,5-8,10,16H2,1-2H3. The molecule has 2 fully saturated rings. The number of imidazole rings is 1. The Bertz CT molecular complexity index is 1470. The third-order valence-corrected chi connectivity index (χ3v) is 8.44. The molecule has 0 spiro atoms. The molecule has 3 aromatic rings. The SMILES string of the molecule is CC(=O)N(C)c1ccc(NCC2CCOCC2)c(N)c1.CC(=O)N(C)c1ccc2c(c1)nc(C(F)(F)F)n2CC1CCOCC1. The average molecular weight is 633 g/mol. The van der Waals surface area contributed by atoms with Crippen molar-refractivity contribution in [3.05, 3.63) is 42.2 Å². The summed E-state index contributed by atoms with van der Waals surface area (Å²) in [6, 6.07) is 10.4. The Hall–Kier alpha value is -3.84. The Morgan fingerprint density at radius 1 is 0.911 bits per heavy atom. The van der Waals surface area contributed by atoms with Gasteiger partial charge in [-0.3, -0.25) is 9.59 Å². The van der Waals surface area contributed by atoms with E-state index in [9.17, 15) is 22.8 Å². The average Bonchev–Trinajstić information content (AvgIpc) is 3.39. The smallest absolute Gasteiger partial charge is 0.397 e. The fraction of sp³-hybridized carbons (Fsp3) is 0.531. The van der Waals surface area contributed by atoms with Crippen molar-refractivity contribution in [1.82, 2.24) is 9.55 Å². The highest BCUT2D eigenvalue weighted by atomic mass is 19.4. The number of anilines is 4. The number of halogens is 3. The number of ether oxygens (including phenoxy) is 2. The molecule has 10 nitrogen and oxygen atoms in total. The van der Waals surface area contributed by atoms with Crippen molar-refractivity contribution in [2.75, 3.05) is 67.9 Å². The van der Waals surface area contributed by atoms with Gasteiger partial charge in [0.1, 0.15) is 0 Å². The van der Waals surface area contributed by atoms with Gasteiger partial charge in [-0.2, -0.15) is 13.2 Å². The van der Waals surface area contributed by atoms with Crippen LogP contribution in [0.3, 0.4) is 0 Å². The molecule has 2 aliphatic rings. The predicted octanol–water partition coefficient (Wildman–Crippen LogP) is 5.55. The molecule has 0 radical (unpaired) electrons. The summed E-state index contributed by atoms with van der Waals surface area (Å²) >= 11 is 0. The van der Waals surface area contributed by atoms with Crippen LogP contribution in [0.15, 0.2) is 36.4 Å². The molecule has 2 amide bonds. The van der Waals surface area contributed by atoms with Gasteiger partial charge in [-0.25, -0.2) is 4.98 Å².